The minimum atomic E-state index is -1.82. The maximum absolute atomic E-state index is 12.9. The van der Waals surface area contributed by atoms with Crippen LogP contribution in [-0.2, 0) is 14.2 Å². The summed E-state index contributed by atoms with van der Waals surface area (Å²) in [6.07, 6.45) is -15.3. The van der Waals surface area contributed by atoms with Crippen LogP contribution in [0.1, 0.15) is 6.92 Å². The average Bonchev–Trinajstić information content (AvgIpc) is 2.99. The van der Waals surface area contributed by atoms with Gasteiger partial charge < -0.3 is 74.1 Å². The summed E-state index contributed by atoms with van der Waals surface area (Å²) in [6, 6.07) is 6.03. The standard InChI is InChI=1S/C28H32O16/c1-9-18(31)21(34)24(37)27(41-9)40-8-16-19(32)22(35)25(38)28(44-16)42-11-6-13(30)17-15(7-11)43-26(23(36)20(17)33)10-3-4-12(29)14(5-10)39-2/h3-7,9,16,18-19,21-22,24-25,27-32,34-38H,8H2,1-2H3/t9-,16+,18-,19+,21+,22-,24+,25+,27+,28+/m0/s1. The third kappa shape index (κ3) is 5.74. The summed E-state index contributed by atoms with van der Waals surface area (Å²) in [5.74, 6) is -2.21. The van der Waals surface area contributed by atoms with Crippen molar-refractivity contribution in [3.8, 4) is 40.1 Å². The molecule has 0 spiro atoms. The van der Waals surface area contributed by atoms with Crippen LogP contribution in [0.3, 0.4) is 0 Å². The zero-order valence-corrected chi connectivity index (χ0v) is 23.3. The van der Waals surface area contributed by atoms with Crippen LogP contribution >= 0.6 is 0 Å². The quantitative estimate of drug-likeness (QED) is 0.147. The van der Waals surface area contributed by atoms with Gasteiger partial charge in [0.25, 0.3) is 0 Å². The molecule has 3 aromatic rings. The minimum Gasteiger partial charge on any atom is -0.507 e. The molecule has 9 N–H and O–H groups in total. The van der Waals surface area contributed by atoms with Gasteiger partial charge in [0.2, 0.25) is 17.5 Å². The summed E-state index contributed by atoms with van der Waals surface area (Å²) in [7, 11) is 1.30. The molecule has 2 aromatic carbocycles. The Balaban J connectivity index is 1.39. The van der Waals surface area contributed by atoms with Gasteiger partial charge in [-0.1, -0.05) is 0 Å². The second-order valence-corrected chi connectivity index (χ2v) is 10.5. The third-order valence-electron chi connectivity index (χ3n) is 7.52. The predicted octanol–water partition coefficient (Wildman–Crippen LogP) is -1.38. The first-order valence-corrected chi connectivity index (χ1v) is 13.4. The lowest BCUT2D eigenvalue weighted by Crippen LogP contribution is -2.61. The fourth-order valence-corrected chi connectivity index (χ4v) is 4.97. The normalized spacial score (nSPS) is 32.5. The van der Waals surface area contributed by atoms with E-state index in [1.807, 2.05) is 0 Å². The van der Waals surface area contributed by atoms with Crippen molar-refractivity contribution in [3.63, 3.8) is 0 Å². The lowest BCUT2D eigenvalue weighted by atomic mass is 9.98. The first-order valence-electron chi connectivity index (χ1n) is 13.4. The van der Waals surface area contributed by atoms with Gasteiger partial charge in [-0.3, -0.25) is 4.79 Å². The molecular formula is C28H32O16. The number of methoxy groups -OCH3 is 1. The van der Waals surface area contributed by atoms with Crippen molar-refractivity contribution in [3.05, 3.63) is 40.6 Å². The maximum atomic E-state index is 12.9. The lowest BCUT2D eigenvalue weighted by molar-refractivity contribution is -0.318. The van der Waals surface area contributed by atoms with E-state index in [1.165, 1.54) is 32.2 Å². The molecule has 3 heterocycles. The van der Waals surface area contributed by atoms with E-state index in [0.717, 1.165) is 12.1 Å². The largest absolute Gasteiger partial charge is 0.507 e. The van der Waals surface area contributed by atoms with E-state index in [1.54, 1.807) is 0 Å². The monoisotopic (exact) mass is 624 g/mol. The average molecular weight is 625 g/mol. The molecule has 0 saturated carbocycles. The molecule has 0 radical (unpaired) electrons. The molecule has 240 valence electrons. The number of benzene rings is 2. The summed E-state index contributed by atoms with van der Waals surface area (Å²) in [5.41, 5.74) is -1.09. The van der Waals surface area contributed by atoms with Crippen LogP contribution in [0.25, 0.3) is 22.3 Å². The first kappa shape index (κ1) is 31.7. The van der Waals surface area contributed by atoms with E-state index in [9.17, 15) is 50.8 Å². The van der Waals surface area contributed by atoms with Gasteiger partial charge in [0.15, 0.2) is 23.5 Å². The van der Waals surface area contributed by atoms with Crippen LogP contribution in [-0.4, -0.2) is 121 Å². The summed E-state index contributed by atoms with van der Waals surface area (Å²) in [4.78, 5) is 12.9. The van der Waals surface area contributed by atoms with Crippen molar-refractivity contribution in [2.75, 3.05) is 13.7 Å². The second-order valence-electron chi connectivity index (χ2n) is 10.5. The van der Waals surface area contributed by atoms with Crippen molar-refractivity contribution in [1.29, 1.82) is 0 Å². The van der Waals surface area contributed by atoms with Gasteiger partial charge in [-0.25, -0.2) is 0 Å². The fourth-order valence-electron chi connectivity index (χ4n) is 4.97. The Morgan fingerprint density at radius 2 is 1.48 bits per heavy atom. The smallest absolute Gasteiger partial charge is 0.238 e. The van der Waals surface area contributed by atoms with E-state index >= 15 is 0 Å². The number of hydrogen-bond acceptors (Lipinski definition) is 16. The highest BCUT2D eigenvalue weighted by atomic mass is 16.7. The van der Waals surface area contributed by atoms with Crippen molar-refractivity contribution in [2.24, 2.45) is 0 Å². The molecule has 2 saturated heterocycles. The van der Waals surface area contributed by atoms with Gasteiger partial charge in [0, 0.05) is 17.7 Å². The Kier molecular flexibility index (Phi) is 8.90. The zero-order valence-electron chi connectivity index (χ0n) is 23.3. The van der Waals surface area contributed by atoms with Crippen LogP contribution < -0.4 is 14.9 Å². The molecule has 0 unspecified atom stereocenters. The highest BCUT2D eigenvalue weighted by Gasteiger charge is 2.47. The number of aliphatic hydroxyl groups excluding tert-OH is 6. The molecule has 1 aromatic heterocycles. The number of fused-ring (bicyclic) bond motifs is 1. The third-order valence-corrected chi connectivity index (χ3v) is 7.52. The number of aliphatic hydroxyl groups is 6. The van der Waals surface area contributed by atoms with Crippen LogP contribution in [0.2, 0.25) is 0 Å². The molecule has 2 aliphatic rings. The number of hydrogen-bond donors (Lipinski definition) is 9. The number of aromatic hydroxyl groups is 3. The van der Waals surface area contributed by atoms with Crippen LogP contribution in [0.15, 0.2) is 39.5 Å². The molecule has 16 nitrogen and oxygen atoms in total. The molecule has 0 aliphatic carbocycles. The number of phenols is 2. The molecule has 5 rings (SSSR count). The predicted molar refractivity (Wildman–Crippen MR) is 145 cm³/mol. The molecule has 10 atom stereocenters. The van der Waals surface area contributed by atoms with Gasteiger partial charge in [0.05, 0.1) is 19.8 Å². The Labute approximate surface area is 248 Å². The summed E-state index contributed by atoms with van der Waals surface area (Å²) in [5, 5.41) is 92.1. The highest BCUT2D eigenvalue weighted by molar-refractivity contribution is 5.88. The Morgan fingerprint density at radius 1 is 0.795 bits per heavy atom. The minimum absolute atomic E-state index is 0.0279. The van der Waals surface area contributed by atoms with Gasteiger partial charge in [-0.15, -0.1) is 0 Å². The summed E-state index contributed by atoms with van der Waals surface area (Å²) < 4.78 is 32.8. The van der Waals surface area contributed by atoms with E-state index < -0.39 is 90.3 Å². The number of rotatable bonds is 7. The van der Waals surface area contributed by atoms with Gasteiger partial charge in [-0.05, 0) is 25.1 Å². The highest BCUT2D eigenvalue weighted by Crippen LogP contribution is 2.39. The van der Waals surface area contributed by atoms with Gasteiger partial charge >= 0.3 is 0 Å². The molecule has 44 heavy (non-hydrogen) atoms. The Morgan fingerprint density at radius 3 is 2.18 bits per heavy atom. The SMILES string of the molecule is COc1cc(-c2oc3cc(O[C@@H]4O[C@H](CO[C@@H]5O[C@@H](C)[C@H](O)[C@@H](O)[C@H]5O)[C@@H](O)[C@H](O)[C@H]4O)cc(O)c3c(=O)c2O)ccc1O. The van der Waals surface area contributed by atoms with Gasteiger partial charge in [-0.2, -0.15) is 0 Å². The fraction of sp³-hybridized carbons (Fsp3) is 0.464. The Hall–Kier alpha value is -3.71. The topological polar surface area (TPSA) is 258 Å². The lowest BCUT2D eigenvalue weighted by Gasteiger charge is -2.42. The van der Waals surface area contributed by atoms with Gasteiger partial charge in [0.1, 0.15) is 65.2 Å². The maximum Gasteiger partial charge on any atom is 0.238 e. The van der Waals surface area contributed by atoms with Crippen LogP contribution in [0, 0.1) is 0 Å². The first-order chi connectivity index (χ1) is 20.8. The van der Waals surface area contributed by atoms with E-state index in [2.05, 4.69) is 0 Å². The molecule has 2 aliphatic heterocycles. The van der Waals surface area contributed by atoms with Crippen LogP contribution in [0.4, 0.5) is 0 Å². The number of phenolic OH excluding ortho intramolecular Hbond substituents is 2. The van der Waals surface area contributed by atoms with Crippen molar-refractivity contribution in [2.45, 2.75) is 68.3 Å². The van der Waals surface area contributed by atoms with Crippen molar-refractivity contribution >= 4 is 11.0 Å². The molecular weight excluding hydrogens is 592 g/mol. The molecule has 16 heteroatoms. The number of ether oxygens (including phenoxy) is 5. The van der Waals surface area contributed by atoms with Crippen molar-refractivity contribution in [1.82, 2.24) is 0 Å². The van der Waals surface area contributed by atoms with Crippen LogP contribution in [0.5, 0.6) is 28.7 Å². The van der Waals surface area contributed by atoms with E-state index in [4.69, 9.17) is 28.1 Å². The summed E-state index contributed by atoms with van der Waals surface area (Å²) >= 11 is 0. The van der Waals surface area contributed by atoms with E-state index in [0.29, 0.717) is 0 Å². The molecule has 0 bridgehead atoms. The molecule has 0 amide bonds. The van der Waals surface area contributed by atoms with Crippen molar-refractivity contribution < 1.29 is 74.1 Å². The molecule has 2 fully saturated rings. The second kappa shape index (κ2) is 12.4. The van der Waals surface area contributed by atoms with E-state index in [-0.39, 0.29) is 34.2 Å². The Bertz CT molecular complexity index is 1560. The zero-order chi connectivity index (χ0) is 32.0. The summed E-state index contributed by atoms with van der Waals surface area (Å²) in [6.45, 7) is 0.914.